The average molecular weight is 337 g/mol. The van der Waals surface area contributed by atoms with E-state index in [1.54, 1.807) is 12.3 Å². The van der Waals surface area contributed by atoms with Gasteiger partial charge in [0.25, 0.3) is 0 Å². The molecule has 0 aliphatic rings. The minimum absolute atomic E-state index is 0.296. The second kappa shape index (κ2) is 5.63. The van der Waals surface area contributed by atoms with Crippen molar-refractivity contribution in [2.24, 2.45) is 5.73 Å². The van der Waals surface area contributed by atoms with Gasteiger partial charge in [-0.05, 0) is 43.2 Å². The Kier molecular flexibility index (Phi) is 4.11. The van der Waals surface area contributed by atoms with E-state index in [1.165, 1.54) is 0 Å². The van der Waals surface area contributed by atoms with Crippen LogP contribution in [-0.2, 0) is 0 Å². The van der Waals surface area contributed by atoms with Crippen molar-refractivity contribution in [2.75, 3.05) is 5.32 Å². The lowest BCUT2D eigenvalue weighted by Gasteiger charge is -2.14. The first-order valence-electron chi connectivity index (χ1n) is 5.64. The van der Waals surface area contributed by atoms with E-state index < -0.39 is 0 Å². The quantitative estimate of drug-likeness (QED) is 0.842. The number of nitrogens with two attached hydrogens (primary N) is 1. The zero-order valence-corrected chi connectivity index (χ0v) is 13.0. The number of halogens is 1. The fourth-order valence-electron chi connectivity index (χ4n) is 1.85. The number of thiocarbonyl (C=S) groups is 1. The third-order valence-corrected chi connectivity index (χ3v) is 3.40. The number of rotatable bonds is 3. The second-order valence-electron chi connectivity index (χ2n) is 4.20. The van der Waals surface area contributed by atoms with Gasteiger partial charge in [0.2, 0.25) is 0 Å². The molecular formula is C13H13BrN4S. The predicted octanol–water partition coefficient (Wildman–Crippen LogP) is 3.23. The summed E-state index contributed by atoms with van der Waals surface area (Å²) in [4.78, 5) is 0.296. The molecule has 1 heterocycles. The van der Waals surface area contributed by atoms with Crippen LogP contribution in [0.1, 0.15) is 16.7 Å². The molecule has 0 fully saturated rings. The number of aromatic nitrogens is 2. The summed E-state index contributed by atoms with van der Waals surface area (Å²) in [6, 6.07) is 5.82. The van der Waals surface area contributed by atoms with E-state index in [-0.39, 0.29) is 0 Å². The van der Waals surface area contributed by atoms with Crippen molar-refractivity contribution in [1.29, 1.82) is 0 Å². The molecule has 0 amide bonds. The topological polar surface area (TPSA) is 63.8 Å². The monoisotopic (exact) mass is 336 g/mol. The van der Waals surface area contributed by atoms with E-state index in [4.69, 9.17) is 18.0 Å². The Hall–Kier alpha value is -1.53. The van der Waals surface area contributed by atoms with E-state index in [9.17, 15) is 0 Å². The van der Waals surface area contributed by atoms with Crippen molar-refractivity contribution < 1.29 is 0 Å². The molecule has 3 N–H and O–H groups in total. The molecule has 0 saturated heterocycles. The number of aryl methyl sites for hydroxylation is 2. The van der Waals surface area contributed by atoms with Crippen LogP contribution in [-0.4, -0.2) is 15.2 Å². The van der Waals surface area contributed by atoms with E-state index in [0.717, 1.165) is 21.3 Å². The molecule has 4 nitrogen and oxygen atoms in total. The van der Waals surface area contributed by atoms with Crippen LogP contribution < -0.4 is 11.1 Å². The maximum absolute atomic E-state index is 5.68. The lowest BCUT2D eigenvalue weighted by atomic mass is 10.1. The number of hydrogen-bond donors (Lipinski definition) is 2. The van der Waals surface area contributed by atoms with Crippen molar-refractivity contribution in [3.63, 3.8) is 0 Å². The molecule has 1 aromatic carbocycles. The molecular weight excluding hydrogens is 324 g/mol. The van der Waals surface area contributed by atoms with Crippen molar-refractivity contribution in [2.45, 2.75) is 13.8 Å². The van der Waals surface area contributed by atoms with Gasteiger partial charge in [-0.1, -0.05) is 28.1 Å². The molecule has 0 unspecified atom stereocenters. The van der Waals surface area contributed by atoms with Gasteiger partial charge in [-0.2, -0.15) is 5.10 Å². The van der Waals surface area contributed by atoms with E-state index >= 15 is 0 Å². The van der Waals surface area contributed by atoms with E-state index in [1.807, 2.05) is 26.0 Å². The molecule has 0 bridgehead atoms. The molecule has 2 aromatic rings. The molecule has 0 radical (unpaired) electrons. The van der Waals surface area contributed by atoms with Gasteiger partial charge in [-0.3, -0.25) is 0 Å². The Morgan fingerprint density at radius 3 is 2.53 bits per heavy atom. The highest BCUT2D eigenvalue weighted by Gasteiger charge is 2.10. The fraction of sp³-hybridized carbons (Fsp3) is 0.154. The summed E-state index contributed by atoms with van der Waals surface area (Å²) in [5.74, 6) is 0.573. The van der Waals surface area contributed by atoms with E-state index in [0.29, 0.717) is 16.4 Å². The zero-order chi connectivity index (χ0) is 14.0. The lowest BCUT2D eigenvalue weighted by molar-refractivity contribution is 1.03. The first-order chi connectivity index (χ1) is 8.99. The van der Waals surface area contributed by atoms with Crippen molar-refractivity contribution in [1.82, 2.24) is 10.2 Å². The SMILES string of the molecule is Cc1cc(Br)cc(C)c1Nc1nnccc1C(N)=S. The van der Waals surface area contributed by atoms with Crippen LogP contribution in [0, 0.1) is 13.8 Å². The fourth-order valence-corrected chi connectivity index (χ4v) is 2.70. The molecule has 2 rings (SSSR count). The van der Waals surface area contributed by atoms with Gasteiger partial charge < -0.3 is 11.1 Å². The highest BCUT2D eigenvalue weighted by molar-refractivity contribution is 9.10. The van der Waals surface area contributed by atoms with Crippen molar-refractivity contribution in [3.8, 4) is 0 Å². The maximum Gasteiger partial charge on any atom is 0.163 e. The summed E-state index contributed by atoms with van der Waals surface area (Å²) in [6.45, 7) is 4.05. The maximum atomic E-state index is 5.68. The van der Waals surface area contributed by atoms with Gasteiger partial charge in [-0.25, -0.2) is 0 Å². The first-order valence-corrected chi connectivity index (χ1v) is 6.84. The van der Waals surface area contributed by atoms with Crippen LogP contribution in [0.3, 0.4) is 0 Å². The van der Waals surface area contributed by atoms with Crippen LogP contribution in [0.25, 0.3) is 0 Å². The lowest BCUT2D eigenvalue weighted by Crippen LogP contribution is -2.14. The molecule has 0 aliphatic carbocycles. The predicted molar refractivity (Wildman–Crippen MR) is 84.8 cm³/mol. The summed E-state index contributed by atoms with van der Waals surface area (Å²) in [5, 5.41) is 11.2. The zero-order valence-electron chi connectivity index (χ0n) is 10.6. The third-order valence-electron chi connectivity index (χ3n) is 2.73. The summed E-state index contributed by atoms with van der Waals surface area (Å²) >= 11 is 8.49. The summed E-state index contributed by atoms with van der Waals surface area (Å²) in [6.07, 6.45) is 1.57. The second-order valence-corrected chi connectivity index (χ2v) is 5.55. The molecule has 0 aliphatic heterocycles. The molecule has 0 saturated carbocycles. The molecule has 19 heavy (non-hydrogen) atoms. The van der Waals surface area contributed by atoms with Crippen LogP contribution in [0.4, 0.5) is 11.5 Å². The first kappa shape index (κ1) is 13.9. The van der Waals surface area contributed by atoms with Gasteiger partial charge in [0.05, 0.1) is 11.8 Å². The van der Waals surface area contributed by atoms with Gasteiger partial charge >= 0.3 is 0 Å². The Balaban J connectivity index is 2.45. The highest BCUT2D eigenvalue weighted by atomic mass is 79.9. The smallest absolute Gasteiger partial charge is 0.163 e. The van der Waals surface area contributed by atoms with Crippen LogP contribution >= 0.6 is 28.1 Å². The summed E-state index contributed by atoms with van der Waals surface area (Å²) < 4.78 is 1.04. The Bertz CT molecular complexity index is 619. The van der Waals surface area contributed by atoms with Crippen LogP contribution in [0.5, 0.6) is 0 Å². The van der Waals surface area contributed by atoms with Crippen molar-refractivity contribution in [3.05, 3.63) is 45.6 Å². The average Bonchev–Trinajstić information content (AvgIpc) is 2.34. The summed E-state index contributed by atoms with van der Waals surface area (Å²) in [5.41, 5.74) is 9.56. The van der Waals surface area contributed by atoms with Gasteiger partial charge in [0, 0.05) is 10.2 Å². The number of benzene rings is 1. The number of nitrogens with one attached hydrogen (secondary N) is 1. The van der Waals surface area contributed by atoms with Crippen LogP contribution in [0.15, 0.2) is 28.9 Å². The standard InChI is InChI=1S/C13H13BrN4S/c1-7-5-9(14)6-8(2)11(7)17-13-10(12(15)19)3-4-16-18-13/h3-6H,1-2H3,(H2,15,19)(H,17,18). The minimum Gasteiger partial charge on any atom is -0.389 e. The third kappa shape index (κ3) is 3.08. The van der Waals surface area contributed by atoms with E-state index in [2.05, 4.69) is 31.4 Å². The van der Waals surface area contributed by atoms with Gasteiger partial charge in [0.15, 0.2) is 5.82 Å². The van der Waals surface area contributed by atoms with Gasteiger partial charge in [0.1, 0.15) is 4.99 Å². The van der Waals surface area contributed by atoms with Crippen LogP contribution in [0.2, 0.25) is 0 Å². The number of nitrogens with zero attached hydrogens (tertiary/aromatic N) is 2. The molecule has 6 heteroatoms. The van der Waals surface area contributed by atoms with Gasteiger partial charge in [-0.15, -0.1) is 5.10 Å². The molecule has 0 spiro atoms. The van der Waals surface area contributed by atoms with Crippen molar-refractivity contribution >= 4 is 44.6 Å². The molecule has 98 valence electrons. The number of anilines is 2. The molecule has 1 aromatic heterocycles. The minimum atomic E-state index is 0.296. The summed E-state index contributed by atoms with van der Waals surface area (Å²) in [7, 11) is 0. The molecule has 0 atom stereocenters. The normalized spacial score (nSPS) is 10.3. The largest absolute Gasteiger partial charge is 0.389 e. The Morgan fingerprint density at radius 1 is 1.32 bits per heavy atom. The highest BCUT2D eigenvalue weighted by Crippen LogP contribution is 2.28. The Morgan fingerprint density at radius 2 is 1.95 bits per heavy atom. The Labute approximate surface area is 125 Å². The number of hydrogen-bond acceptors (Lipinski definition) is 4.